The molecule has 1 fully saturated rings. The fraction of sp³-hybridized carbons (Fsp3) is 0.444. The quantitative estimate of drug-likeness (QED) is 0.831. The summed E-state index contributed by atoms with van der Waals surface area (Å²) in [5.41, 5.74) is 2.94. The third-order valence-corrected chi connectivity index (χ3v) is 4.11. The van der Waals surface area contributed by atoms with Crippen LogP contribution >= 0.6 is 0 Å². The van der Waals surface area contributed by atoms with Crippen molar-refractivity contribution >= 4 is 16.5 Å². The predicted octanol–water partition coefficient (Wildman–Crippen LogP) is 4.02. The zero-order chi connectivity index (χ0) is 13.8. The zero-order valence-corrected chi connectivity index (χ0v) is 12.3. The molecule has 3 rings (SSSR count). The second-order valence-corrected chi connectivity index (χ2v) is 5.50. The molecule has 0 radical (unpaired) electrons. The molecular formula is C18H23NO. The van der Waals surface area contributed by atoms with Crippen molar-refractivity contribution in [2.75, 3.05) is 31.2 Å². The van der Waals surface area contributed by atoms with Crippen molar-refractivity contribution in [3.8, 4) is 0 Å². The minimum Gasteiger partial charge on any atom is -0.378 e. The highest BCUT2D eigenvalue weighted by Crippen LogP contribution is 2.32. The van der Waals surface area contributed by atoms with E-state index in [0.717, 1.165) is 26.3 Å². The molecule has 2 aromatic rings. The van der Waals surface area contributed by atoms with Crippen LogP contribution in [-0.4, -0.2) is 26.3 Å². The molecule has 0 atom stereocenters. The van der Waals surface area contributed by atoms with Crippen LogP contribution in [0.1, 0.15) is 25.3 Å². The van der Waals surface area contributed by atoms with Gasteiger partial charge in [-0.2, -0.15) is 0 Å². The van der Waals surface area contributed by atoms with Crippen molar-refractivity contribution in [2.45, 2.75) is 26.2 Å². The van der Waals surface area contributed by atoms with Crippen molar-refractivity contribution in [3.05, 3.63) is 42.0 Å². The monoisotopic (exact) mass is 269 g/mol. The first-order chi connectivity index (χ1) is 9.90. The summed E-state index contributed by atoms with van der Waals surface area (Å²) in [5.74, 6) is 0. The Balaban J connectivity index is 2.07. The summed E-state index contributed by atoms with van der Waals surface area (Å²) in [5, 5.41) is 2.73. The van der Waals surface area contributed by atoms with E-state index < -0.39 is 0 Å². The van der Waals surface area contributed by atoms with Crippen molar-refractivity contribution in [1.29, 1.82) is 0 Å². The number of benzene rings is 2. The molecule has 0 spiro atoms. The molecule has 1 heterocycles. The summed E-state index contributed by atoms with van der Waals surface area (Å²) in [6.45, 7) is 5.96. The minimum atomic E-state index is 0.844. The van der Waals surface area contributed by atoms with Gasteiger partial charge in [0.25, 0.3) is 0 Å². The molecule has 1 saturated heterocycles. The van der Waals surface area contributed by atoms with Gasteiger partial charge in [-0.1, -0.05) is 49.7 Å². The molecule has 2 nitrogen and oxygen atoms in total. The highest BCUT2D eigenvalue weighted by Gasteiger charge is 2.17. The molecule has 0 aliphatic carbocycles. The summed E-state index contributed by atoms with van der Waals surface area (Å²) < 4.78 is 5.51. The van der Waals surface area contributed by atoms with E-state index in [4.69, 9.17) is 4.74 Å². The molecule has 2 aromatic carbocycles. The lowest BCUT2D eigenvalue weighted by Crippen LogP contribution is -2.37. The van der Waals surface area contributed by atoms with Gasteiger partial charge in [-0.15, -0.1) is 0 Å². The number of nitrogens with zero attached hydrogens (tertiary/aromatic N) is 1. The van der Waals surface area contributed by atoms with Gasteiger partial charge in [-0.05, 0) is 23.8 Å². The average Bonchev–Trinajstić information content (AvgIpc) is 2.53. The average molecular weight is 269 g/mol. The largest absolute Gasteiger partial charge is 0.378 e. The first-order valence-electron chi connectivity index (χ1n) is 7.73. The highest BCUT2D eigenvalue weighted by molar-refractivity contribution is 5.96. The molecule has 0 amide bonds. The number of ether oxygens (including phenoxy) is 1. The molecule has 20 heavy (non-hydrogen) atoms. The molecule has 0 saturated carbocycles. The van der Waals surface area contributed by atoms with Gasteiger partial charge in [0.2, 0.25) is 0 Å². The number of unbranched alkanes of at least 4 members (excludes halogenated alkanes) is 1. The van der Waals surface area contributed by atoms with Gasteiger partial charge in [0.15, 0.2) is 0 Å². The Hall–Kier alpha value is -1.54. The lowest BCUT2D eigenvalue weighted by atomic mass is 9.99. The lowest BCUT2D eigenvalue weighted by molar-refractivity contribution is 0.123. The zero-order valence-electron chi connectivity index (χ0n) is 12.3. The maximum Gasteiger partial charge on any atom is 0.0642 e. The van der Waals surface area contributed by atoms with Crippen LogP contribution in [0.3, 0.4) is 0 Å². The maximum absolute atomic E-state index is 5.51. The van der Waals surface area contributed by atoms with Gasteiger partial charge < -0.3 is 9.64 Å². The van der Waals surface area contributed by atoms with E-state index in [0.29, 0.717) is 0 Å². The van der Waals surface area contributed by atoms with E-state index in [1.165, 1.54) is 41.3 Å². The number of aryl methyl sites for hydroxylation is 1. The van der Waals surface area contributed by atoms with Crippen LogP contribution < -0.4 is 4.90 Å². The van der Waals surface area contributed by atoms with E-state index in [2.05, 4.69) is 48.2 Å². The summed E-state index contributed by atoms with van der Waals surface area (Å²) >= 11 is 0. The Morgan fingerprint density at radius 1 is 1.05 bits per heavy atom. The molecule has 0 unspecified atom stereocenters. The number of hydrogen-bond acceptors (Lipinski definition) is 2. The Labute approximate surface area is 121 Å². The smallest absolute Gasteiger partial charge is 0.0642 e. The molecule has 0 N–H and O–H groups in total. The van der Waals surface area contributed by atoms with Gasteiger partial charge in [0.05, 0.1) is 13.2 Å². The highest BCUT2D eigenvalue weighted by atomic mass is 16.5. The molecular weight excluding hydrogens is 246 g/mol. The molecule has 1 aliphatic rings. The second-order valence-electron chi connectivity index (χ2n) is 5.50. The molecule has 106 valence electrons. The molecule has 0 bridgehead atoms. The number of anilines is 1. The standard InChI is InChI=1S/C18H23NO/c1-2-3-6-16-10-9-15-7-4-5-8-17(15)18(16)19-11-13-20-14-12-19/h4-5,7-10H,2-3,6,11-14H2,1H3. The van der Waals surface area contributed by atoms with Gasteiger partial charge in [0.1, 0.15) is 0 Å². The number of fused-ring (bicyclic) bond motifs is 1. The lowest BCUT2D eigenvalue weighted by Gasteiger charge is -2.32. The van der Waals surface area contributed by atoms with Crippen LogP contribution in [0.15, 0.2) is 36.4 Å². The van der Waals surface area contributed by atoms with Crippen LogP contribution in [-0.2, 0) is 11.2 Å². The summed E-state index contributed by atoms with van der Waals surface area (Å²) in [6, 6.07) is 13.3. The van der Waals surface area contributed by atoms with Crippen molar-refractivity contribution in [3.63, 3.8) is 0 Å². The summed E-state index contributed by atoms with van der Waals surface area (Å²) in [7, 11) is 0. The normalized spacial score (nSPS) is 15.8. The third kappa shape index (κ3) is 2.66. The van der Waals surface area contributed by atoms with E-state index >= 15 is 0 Å². The number of hydrogen-bond donors (Lipinski definition) is 0. The predicted molar refractivity (Wildman–Crippen MR) is 85.6 cm³/mol. The Morgan fingerprint density at radius 3 is 2.65 bits per heavy atom. The fourth-order valence-electron chi connectivity index (χ4n) is 3.03. The van der Waals surface area contributed by atoms with Crippen LogP contribution in [0.5, 0.6) is 0 Å². The van der Waals surface area contributed by atoms with Crippen LogP contribution in [0.4, 0.5) is 5.69 Å². The van der Waals surface area contributed by atoms with E-state index in [1.54, 1.807) is 0 Å². The number of morpholine rings is 1. The summed E-state index contributed by atoms with van der Waals surface area (Å²) in [4.78, 5) is 2.51. The van der Waals surface area contributed by atoms with Gasteiger partial charge in [-0.3, -0.25) is 0 Å². The summed E-state index contributed by atoms with van der Waals surface area (Å²) in [6.07, 6.45) is 3.68. The van der Waals surface area contributed by atoms with E-state index in [9.17, 15) is 0 Å². The Kier molecular flexibility index (Phi) is 4.22. The van der Waals surface area contributed by atoms with Gasteiger partial charge in [-0.25, -0.2) is 0 Å². The van der Waals surface area contributed by atoms with Crippen molar-refractivity contribution < 1.29 is 4.74 Å². The number of rotatable bonds is 4. The SMILES string of the molecule is CCCCc1ccc2ccccc2c1N1CCOCC1. The van der Waals surface area contributed by atoms with Gasteiger partial charge in [0, 0.05) is 24.2 Å². The second kappa shape index (κ2) is 6.27. The minimum absolute atomic E-state index is 0.844. The molecule has 2 heteroatoms. The Bertz CT molecular complexity index is 573. The third-order valence-electron chi connectivity index (χ3n) is 4.11. The fourth-order valence-corrected chi connectivity index (χ4v) is 3.03. The van der Waals surface area contributed by atoms with Crippen molar-refractivity contribution in [2.24, 2.45) is 0 Å². The molecule has 1 aliphatic heterocycles. The van der Waals surface area contributed by atoms with Crippen molar-refractivity contribution in [1.82, 2.24) is 0 Å². The topological polar surface area (TPSA) is 12.5 Å². The van der Waals surface area contributed by atoms with Gasteiger partial charge >= 0.3 is 0 Å². The molecule has 0 aromatic heterocycles. The van der Waals surface area contributed by atoms with E-state index in [1.807, 2.05) is 0 Å². The maximum atomic E-state index is 5.51. The van der Waals surface area contributed by atoms with E-state index in [-0.39, 0.29) is 0 Å². The van der Waals surface area contributed by atoms with Crippen LogP contribution in [0.25, 0.3) is 10.8 Å². The first kappa shape index (κ1) is 13.4. The Morgan fingerprint density at radius 2 is 1.85 bits per heavy atom. The van der Waals surface area contributed by atoms with Crippen LogP contribution in [0, 0.1) is 0 Å². The first-order valence-corrected chi connectivity index (χ1v) is 7.73. The van der Waals surface area contributed by atoms with Crippen LogP contribution in [0.2, 0.25) is 0 Å².